The average Bonchev–Trinajstić information content (AvgIpc) is 3.15. The summed E-state index contributed by atoms with van der Waals surface area (Å²) in [5.41, 5.74) is 0.791. The van der Waals surface area contributed by atoms with Gasteiger partial charge in [-0.2, -0.15) is 0 Å². The van der Waals surface area contributed by atoms with E-state index >= 15 is 0 Å². The van der Waals surface area contributed by atoms with Crippen LogP contribution in [-0.2, 0) is 5.41 Å². The first-order valence-corrected chi connectivity index (χ1v) is 7.90. The minimum Gasteiger partial charge on any atom is -0.391 e. The van der Waals surface area contributed by atoms with Gasteiger partial charge in [-0.05, 0) is 28.8 Å². The molecule has 1 aliphatic carbocycles. The molecule has 1 spiro atoms. The topological polar surface area (TPSA) is 75.9 Å². The van der Waals surface area contributed by atoms with E-state index < -0.39 is 6.10 Å². The largest absolute Gasteiger partial charge is 0.391 e. The fourth-order valence-electron chi connectivity index (χ4n) is 3.59. The first kappa shape index (κ1) is 13.5. The van der Waals surface area contributed by atoms with Crippen molar-refractivity contribution in [3.63, 3.8) is 0 Å². The molecule has 1 saturated carbocycles. The molecule has 110 valence electrons. The Hall–Kier alpha value is -1.18. The van der Waals surface area contributed by atoms with Gasteiger partial charge >= 0.3 is 0 Å². The molecule has 0 unspecified atom stereocenters. The summed E-state index contributed by atoms with van der Waals surface area (Å²) in [5.74, 6) is 0.814. The van der Waals surface area contributed by atoms with E-state index in [0.29, 0.717) is 11.4 Å². The average molecular weight is 371 g/mol. The number of aliphatic hydroxyl groups excluding tert-OH is 1. The molecule has 2 N–H and O–H groups in total. The maximum absolute atomic E-state index is 10.5. The van der Waals surface area contributed by atoms with Crippen molar-refractivity contribution in [3.05, 3.63) is 33.6 Å². The van der Waals surface area contributed by atoms with Crippen molar-refractivity contribution in [3.8, 4) is 0 Å². The zero-order valence-corrected chi connectivity index (χ0v) is 13.3. The van der Waals surface area contributed by atoms with Crippen LogP contribution in [0.4, 0.5) is 5.82 Å². The van der Waals surface area contributed by atoms with Crippen LogP contribution < -0.4 is 5.32 Å². The number of rotatable bonds is 1. The maximum Gasteiger partial charge on any atom is 0.131 e. The van der Waals surface area contributed by atoms with E-state index in [1.54, 1.807) is 23.3 Å². The summed E-state index contributed by atoms with van der Waals surface area (Å²) in [7, 11) is 0. The van der Waals surface area contributed by atoms with Gasteiger partial charge in [0.2, 0.25) is 0 Å². The number of hydrogen-bond acceptors (Lipinski definition) is 5. The highest BCUT2D eigenvalue weighted by Crippen LogP contribution is 2.54. The second kappa shape index (κ2) is 4.66. The van der Waals surface area contributed by atoms with Crippen molar-refractivity contribution in [1.29, 1.82) is 0 Å². The molecule has 0 saturated heterocycles. The van der Waals surface area contributed by atoms with Gasteiger partial charge in [0.05, 0.1) is 27.8 Å². The first-order valence-electron chi connectivity index (χ1n) is 6.73. The maximum atomic E-state index is 10.5. The van der Waals surface area contributed by atoms with Gasteiger partial charge in [0.25, 0.3) is 0 Å². The lowest BCUT2D eigenvalue weighted by Gasteiger charge is -2.24. The van der Waals surface area contributed by atoms with Gasteiger partial charge in [0.1, 0.15) is 5.82 Å². The molecule has 0 bridgehead atoms. The number of anilines is 1. The summed E-state index contributed by atoms with van der Waals surface area (Å²) in [4.78, 5) is 4.39. The molecule has 6 nitrogen and oxygen atoms in total. The lowest BCUT2D eigenvalue weighted by Crippen LogP contribution is -2.26. The van der Waals surface area contributed by atoms with Crippen LogP contribution in [0, 0.1) is 0 Å². The van der Waals surface area contributed by atoms with Crippen LogP contribution in [0.25, 0.3) is 0 Å². The number of nitrogens with zero attached hydrogens (tertiary/aromatic N) is 4. The number of halogens is 2. The molecule has 2 aliphatic rings. The third-order valence-electron chi connectivity index (χ3n) is 4.52. The van der Waals surface area contributed by atoms with Gasteiger partial charge in [-0.25, -0.2) is 9.67 Å². The summed E-state index contributed by atoms with van der Waals surface area (Å²) in [6.07, 6.45) is 6.04. The smallest absolute Gasteiger partial charge is 0.131 e. The molecule has 0 aromatic carbocycles. The Morgan fingerprint density at radius 1 is 1.48 bits per heavy atom. The van der Waals surface area contributed by atoms with Crippen molar-refractivity contribution in [2.75, 3.05) is 11.9 Å². The van der Waals surface area contributed by atoms with Gasteiger partial charge in [0.15, 0.2) is 0 Å². The van der Waals surface area contributed by atoms with Gasteiger partial charge in [-0.1, -0.05) is 16.8 Å². The van der Waals surface area contributed by atoms with E-state index in [1.165, 1.54) is 0 Å². The standard InChI is InChI=1S/C13H13BrClN5O/c14-7-5-16-12-10(11(7)15)13(6-17-12)3-8(9(21)4-13)20-2-1-18-19-20/h1-2,5,8-9,21H,3-4,6H2,(H,16,17)/t8-,9-,13+/m0/s1. The normalized spacial score (nSPS) is 30.6. The third-order valence-corrected chi connectivity index (χ3v) is 5.74. The molecule has 1 fully saturated rings. The van der Waals surface area contributed by atoms with E-state index in [1.807, 2.05) is 0 Å². The fourth-order valence-corrected chi connectivity index (χ4v) is 4.23. The van der Waals surface area contributed by atoms with E-state index in [4.69, 9.17) is 11.6 Å². The Kier molecular flexibility index (Phi) is 2.99. The molecule has 0 radical (unpaired) electrons. The Morgan fingerprint density at radius 2 is 2.33 bits per heavy atom. The number of aliphatic hydroxyl groups is 1. The Morgan fingerprint density at radius 3 is 3.10 bits per heavy atom. The molecule has 1 aliphatic heterocycles. The second-order valence-electron chi connectivity index (χ2n) is 5.70. The molecule has 3 heterocycles. The van der Waals surface area contributed by atoms with E-state index in [2.05, 4.69) is 36.5 Å². The highest BCUT2D eigenvalue weighted by atomic mass is 79.9. The van der Waals surface area contributed by atoms with Gasteiger partial charge < -0.3 is 10.4 Å². The lowest BCUT2D eigenvalue weighted by molar-refractivity contribution is 0.127. The predicted octanol–water partition coefficient (Wildman–Crippen LogP) is 2.15. The summed E-state index contributed by atoms with van der Waals surface area (Å²) in [5, 5.41) is 22.3. The van der Waals surface area contributed by atoms with Crippen LogP contribution in [0.5, 0.6) is 0 Å². The SMILES string of the molecule is O[C@H]1C[C@@]2(CNc3ncc(Br)c(Cl)c32)C[C@@H]1n1ccnn1. The molecule has 4 rings (SSSR count). The Bertz CT molecular complexity index is 694. The van der Waals surface area contributed by atoms with Crippen LogP contribution in [-0.4, -0.2) is 37.7 Å². The van der Waals surface area contributed by atoms with Crippen LogP contribution in [0.2, 0.25) is 5.02 Å². The summed E-state index contributed by atoms with van der Waals surface area (Å²) in [6, 6.07) is -0.0877. The van der Waals surface area contributed by atoms with E-state index in [9.17, 15) is 5.11 Å². The number of nitrogens with one attached hydrogen (secondary N) is 1. The molecule has 2 aromatic heterocycles. The predicted molar refractivity (Wildman–Crippen MR) is 81.4 cm³/mol. The third kappa shape index (κ3) is 1.91. The van der Waals surface area contributed by atoms with Crippen LogP contribution in [0.1, 0.15) is 24.4 Å². The van der Waals surface area contributed by atoms with Gasteiger partial charge in [0, 0.05) is 29.9 Å². The first-order chi connectivity index (χ1) is 10.1. The van der Waals surface area contributed by atoms with E-state index in [0.717, 1.165) is 28.8 Å². The number of hydrogen-bond donors (Lipinski definition) is 2. The molecule has 2 aromatic rings. The molecule has 3 atom stereocenters. The zero-order valence-electron chi connectivity index (χ0n) is 11.0. The molecule has 8 heteroatoms. The van der Waals surface area contributed by atoms with Crippen molar-refractivity contribution in [2.45, 2.75) is 30.4 Å². The molecular weight excluding hydrogens is 358 g/mol. The second-order valence-corrected chi connectivity index (χ2v) is 6.94. The highest BCUT2D eigenvalue weighted by Gasteiger charge is 2.52. The van der Waals surface area contributed by atoms with Crippen molar-refractivity contribution in [2.24, 2.45) is 0 Å². The molecule has 0 amide bonds. The fraction of sp³-hybridized carbons (Fsp3) is 0.462. The lowest BCUT2D eigenvalue weighted by atomic mass is 9.81. The number of fused-ring (bicyclic) bond motifs is 2. The zero-order chi connectivity index (χ0) is 14.6. The monoisotopic (exact) mass is 369 g/mol. The van der Waals surface area contributed by atoms with Crippen LogP contribution >= 0.6 is 27.5 Å². The molecular formula is C13H13BrClN5O. The Labute approximate surface area is 134 Å². The van der Waals surface area contributed by atoms with Crippen molar-refractivity contribution < 1.29 is 5.11 Å². The van der Waals surface area contributed by atoms with Crippen LogP contribution in [0.15, 0.2) is 23.1 Å². The van der Waals surface area contributed by atoms with Gasteiger partial charge in [-0.15, -0.1) is 5.10 Å². The van der Waals surface area contributed by atoms with E-state index in [-0.39, 0.29) is 11.5 Å². The van der Waals surface area contributed by atoms with Crippen LogP contribution in [0.3, 0.4) is 0 Å². The summed E-state index contributed by atoms with van der Waals surface area (Å²) < 4.78 is 2.51. The molecule has 21 heavy (non-hydrogen) atoms. The van der Waals surface area contributed by atoms with Gasteiger partial charge in [-0.3, -0.25) is 0 Å². The highest BCUT2D eigenvalue weighted by molar-refractivity contribution is 9.10. The quantitative estimate of drug-likeness (QED) is 0.804. The number of pyridine rings is 1. The van der Waals surface area contributed by atoms with Crippen molar-refractivity contribution >= 4 is 33.3 Å². The summed E-state index contributed by atoms with van der Waals surface area (Å²) in [6.45, 7) is 0.730. The van der Waals surface area contributed by atoms with Crippen molar-refractivity contribution in [1.82, 2.24) is 20.0 Å². The Balaban J connectivity index is 1.78. The summed E-state index contributed by atoms with van der Waals surface area (Å²) >= 11 is 9.92. The number of aromatic nitrogens is 4. The minimum absolute atomic E-state index is 0.0877. The minimum atomic E-state index is -0.477.